The summed E-state index contributed by atoms with van der Waals surface area (Å²) >= 11 is 1.35. The zero-order valence-corrected chi connectivity index (χ0v) is 12.9. The molecule has 1 saturated carbocycles. The zero-order chi connectivity index (χ0) is 15.8. The third kappa shape index (κ3) is 2.87. The number of hydrogen-bond donors (Lipinski definition) is 2. The Kier molecular flexibility index (Phi) is 3.42. The number of carbonyl (C=O) groups is 1. The summed E-state index contributed by atoms with van der Waals surface area (Å²) in [7, 11) is 0. The van der Waals surface area contributed by atoms with Crippen molar-refractivity contribution < 1.29 is 9.18 Å². The number of thiazole rings is 1. The van der Waals surface area contributed by atoms with Crippen LogP contribution in [0.5, 0.6) is 0 Å². The van der Waals surface area contributed by atoms with E-state index in [1.807, 2.05) is 0 Å². The summed E-state index contributed by atoms with van der Waals surface area (Å²) in [4.78, 5) is 16.7. The lowest BCUT2D eigenvalue weighted by molar-refractivity contribution is 0.102. The number of anilines is 1. The molecule has 0 atom stereocenters. The van der Waals surface area contributed by atoms with Gasteiger partial charge in [-0.15, -0.1) is 11.3 Å². The molecule has 2 N–H and O–H groups in total. The van der Waals surface area contributed by atoms with Crippen LogP contribution in [-0.2, 0) is 0 Å². The summed E-state index contributed by atoms with van der Waals surface area (Å²) in [6, 6.07) is 6.06. The van der Waals surface area contributed by atoms with Crippen molar-refractivity contribution in [1.29, 1.82) is 0 Å². The van der Waals surface area contributed by atoms with Gasteiger partial charge in [-0.1, -0.05) is 0 Å². The molecule has 0 spiro atoms. The fourth-order valence-corrected chi connectivity index (χ4v) is 3.17. The molecule has 0 unspecified atom stereocenters. The van der Waals surface area contributed by atoms with Gasteiger partial charge in [-0.2, -0.15) is 5.10 Å². The molecule has 1 aliphatic rings. The van der Waals surface area contributed by atoms with Gasteiger partial charge in [0.1, 0.15) is 16.5 Å². The number of benzene rings is 1. The highest BCUT2D eigenvalue weighted by Gasteiger charge is 2.28. The topological polar surface area (TPSA) is 70.7 Å². The van der Waals surface area contributed by atoms with E-state index >= 15 is 0 Å². The maximum absolute atomic E-state index is 13.0. The van der Waals surface area contributed by atoms with Crippen LogP contribution < -0.4 is 5.32 Å². The number of aromatic amines is 1. The predicted octanol–water partition coefficient (Wildman–Crippen LogP) is 3.80. The second-order valence-electron chi connectivity index (χ2n) is 5.47. The molecular weight excluding hydrogens is 315 g/mol. The number of nitrogens with one attached hydrogen (secondary N) is 2. The number of rotatable bonds is 4. The fraction of sp³-hybridized carbons (Fsp3) is 0.188. The van der Waals surface area contributed by atoms with Crippen molar-refractivity contribution in [3.05, 3.63) is 53.0 Å². The largest absolute Gasteiger partial charge is 0.318 e. The van der Waals surface area contributed by atoms with E-state index in [9.17, 15) is 9.18 Å². The summed E-state index contributed by atoms with van der Waals surface area (Å²) in [5.74, 6) is -0.0910. The normalized spacial score (nSPS) is 14.0. The smallest absolute Gasteiger partial charge is 0.275 e. The summed E-state index contributed by atoms with van der Waals surface area (Å²) in [6.45, 7) is 0. The van der Waals surface area contributed by atoms with Crippen LogP contribution in [0.2, 0.25) is 0 Å². The number of nitrogens with zero attached hydrogens (tertiary/aromatic N) is 2. The average molecular weight is 328 g/mol. The van der Waals surface area contributed by atoms with Gasteiger partial charge in [0.15, 0.2) is 0 Å². The van der Waals surface area contributed by atoms with Gasteiger partial charge in [0.05, 0.1) is 17.6 Å². The molecule has 1 amide bonds. The van der Waals surface area contributed by atoms with E-state index in [0.29, 0.717) is 22.3 Å². The molecule has 0 bridgehead atoms. The Labute approximate surface area is 135 Å². The van der Waals surface area contributed by atoms with E-state index in [4.69, 9.17) is 0 Å². The highest BCUT2D eigenvalue weighted by Crippen LogP contribution is 2.42. The quantitative estimate of drug-likeness (QED) is 0.765. The molecule has 3 aromatic rings. The number of aromatic nitrogens is 3. The number of hydrogen-bond acceptors (Lipinski definition) is 4. The Bertz CT molecular complexity index is 851. The maximum atomic E-state index is 13.0. The number of carbonyl (C=O) groups excluding carboxylic acids is 1. The molecule has 0 radical (unpaired) electrons. The standard InChI is InChI=1S/C16H13FN4OS/c17-11-5-3-10(4-6-11)16-20-13(8-23-16)15(22)19-12-7-18-21-14(12)9-1-2-9/h3-9H,1-2H2,(H,18,21)(H,19,22). The molecule has 1 fully saturated rings. The van der Waals surface area contributed by atoms with Crippen molar-refractivity contribution >= 4 is 22.9 Å². The second-order valence-corrected chi connectivity index (χ2v) is 6.33. The average Bonchev–Trinajstić information content (AvgIpc) is 3.09. The first-order valence-corrected chi connectivity index (χ1v) is 8.15. The zero-order valence-electron chi connectivity index (χ0n) is 12.0. The van der Waals surface area contributed by atoms with Gasteiger partial charge in [0.25, 0.3) is 5.91 Å². The van der Waals surface area contributed by atoms with Gasteiger partial charge < -0.3 is 5.32 Å². The van der Waals surface area contributed by atoms with Gasteiger partial charge >= 0.3 is 0 Å². The first kappa shape index (κ1) is 14.1. The van der Waals surface area contributed by atoms with Crippen LogP contribution >= 0.6 is 11.3 Å². The van der Waals surface area contributed by atoms with E-state index in [-0.39, 0.29) is 11.7 Å². The number of halogens is 1. The molecule has 7 heteroatoms. The molecule has 1 aliphatic carbocycles. The second kappa shape index (κ2) is 5.58. The summed E-state index contributed by atoms with van der Waals surface area (Å²) in [5.41, 5.74) is 2.83. The van der Waals surface area contributed by atoms with Crippen LogP contribution in [-0.4, -0.2) is 21.1 Å². The number of amides is 1. The van der Waals surface area contributed by atoms with Gasteiger partial charge in [-0.25, -0.2) is 9.37 Å². The first-order chi connectivity index (χ1) is 11.2. The molecule has 0 saturated heterocycles. The fourth-order valence-electron chi connectivity index (χ4n) is 2.37. The van der Waals surface area contributed by atoms with E-state index < -0.39 is 0 Å². The minimum absolute atomic E-state index is 0.266. The van der Waals surface area contributed by atoms with E-state index in [0.717, 1.165) is 24.1 Å². The Morgan fingerprint density at radius 2 is 2.09 bits per heavy atom. The Morgan fingerprint density at radius 1 is 1.30 bits per heavy atom. The lowest BCUT2D eigenvalue weighted by atomic mass is 10.2. The molecule has 1 aromatic carbocycles. The lowest BCUT2D eigenvalue weighted by Gasteiger charge is -2.02. The molecule has 116 valence electrons. The van der Waals surface area contributed by atoms with Crippen molar-refractivity contribution in [2.75, 3.05) is 5.32 Å². The minimum atomic E-state index is -0.296. The van der Waals surface area contributed by atoms with Crippen LogP contribution in [0.4, 0.5) is 10.1 Å². The molecule has 2 heterocycles. The van der Waals surface area contributed by atoms with Gasteiger partial charge in [0, 0.05) is 16.9 Å². The highest BCUT2D eigenvalue weighted by molar-refractivity contribution is 7.13. The molecule has 5 nitrogen and oxygen atoms in total. The van der Waals surface area contributed by atoms with Crippen LogP contribution in [0.15, 0.2) is 35.8 Å². The van der Waals surface area contributed by atoms with E-state index in [1.54, 1.807) is 23.7 Å². The lowest BCUT2D eigenvalue weighted by Crippen LogP contribution is -2.13. The van der Waals surface area contributed by atoms with Crippen LogP contribution in [0.3, 0.4) is 0 Å². The van der Waals surface area contributed by atoms with E-state index in [1.165, 1.54) is 23.5 Å². The maximum Gasteiger partial charge on any atom is 0.275 e. The first-order valence-electron chi connectivity index (χ1n) is 7.27. The summed E-state index contributed by atoms with van der Waals surface area (Å²) < 4.78 is 13.0. The number of H-pyrrole nitrogens is 1. The third-order valence-corrected chi connectivity index (χ3v) is 4.62. The van der Waals surface area contributed by atoms with Gasteiger partial charge in [-0.3, -0.25) is 9.89 Å². The van der Waals surface area contributed by atoms with Crippen molar-refractivity contribution in [3.8, 4) is 10.6 Å². The monoisotopic (exact) mass is 328 g/mol. The van der Waals surface area contributed by atoms with Crippen molar-refractivity contribution in [2.24, 2.45) is 0 Å². The highest BCUT2D eigenvalue weighted by atomic mass is 32.1. The SMILES string of the molecule is O=C(Nc1cn[nH]c1C1CC1)c1csc(-c2ccc(F)cc2)n1. The molecule has 4 rings (SSSR count). The molecule has 23 heavy (non-hydrogen) atoms. The van der Waals surface area contributed by atoms with Crippen molar-refractivity contribution in [2.45, 2.75) is 18.8 Å². The third-order valence-electron chi connectivity index (χ3n) is 3.73. The van der Waals surface area contributed by atoms with Crippen LogP contribution in [0.1, 0.15) is 34.9 Å². The predicted molar refractivity (Wildman–Crippen MR) is 86.0 cm³/mol. The Hall–Kier alpha value is -2.54. The minimum Gasteiger partial charge on any atom is -0.318 e. The molecule has 0 aliphatic heterocycles. The van der Waals surface area contributed by atoms with Crippen molar-refractivity contribution in [1.82, 2.24) is 15.2 Å². The van der Waals surface area contributed by atoms with Gasteiger partial charge in [-0.05, 0) is 37.1 Å². The van der Waals surface area contributed by atoms with Crippen LogP contribution in [0.25, 0.3) is 10.6 Å². The summed E-state index contributed by atoms with van der Waals surface area (Å²) in [6.07, 6.45) is 3.87. The van der Waals surface area contributed by atoms with Gasteiger partial charge in [0.2, 0.25) is 0 Å². The Morgan fingerprint density at radius 3 is 2.83 bits per heavy atom. The molecule has 2 aromatic heterocycles. The van der Waals surface area contributed by atoms with E-state index in [2.05, 4.69) is 20.5 Å². The van der Waals surface area contributed by atoms with Crippen molar-refractivity contribution in [3.63, 3.8) is 0 Å². The van der Waals surface area contributed by atoms with Crippen LogP contribution in [0, 0.1) is 5.82 Å². The Balaban J connectivity index is 1.53. The summed E-state index contributed by atoms with van der Waals surface area (Å²) in [5, 5.41) is 12.2. The molecular formula is C16H13FN4OS.